The summed E-state index contributed by atoms with van der Waals surface area (Å²) in [6.45, 7) is 5.18. The molecule has 1 atom stereocenters. The lowest BCUT2D eigenvalue weighted by Crippen LogP contribution is -2.25. The van der Waals surface area contributed by atoms with E-state index in [0.717, 1.165) is 36.3 Å². The highest BCUT2D eigenvalue weighted by molar-refractivity contribution is 7.99. The highest BCUT2D eigenvalue weighted by Gasteiger charge is 2.20. The Labute approximate surface area is 150 Å². The van der Waals surface area contributed by atoms with E-state index in [2.05, 4.69) is 15.5 Å². The summed E-state index contributed by atoms with van der Waals surface area (Å²) in [5.41, 5.74) is 2.70. The van der Waals surface area contributed by atoms with Crippen LogP contribution in [0.1, 0.15) is 24.0 Å². The number of aromatic amines is 1. The molecular formula is C17H22N4O3S. The number of nitrogens with zero attached hydrogens (tertiary/aromatic N) is 2. The van der Waals surface area contributed by atoms with Gasteiger partial charge in [0.2, 0.25) is 5.91 Å². The molecule has 0 radical (unpaired) electrons. The van der Waals surface area contributed by atoms with Crippen molar-refractivity contribution in [2.75, 3.05) is 17.7 Å². The number of nitrogens with one attached hydrogen (secondary N) is 2. The van der Waals surface area contributed by atoms with Gasteiger partial charge < -0.3 is 10.1 Å². The van der Waals surface area contributed by atoms with Crippen molar-refractivity contribution in [3.05, 3.63) is 39.8 Å². The Bertz CT molecular complexity index is 808. The summed E-state index contributed by atoms with van der Waals surface area (Å²) < 4.78 is 7.12. The van der Waals surface area contributed by atoms with Crippen LogP contribution >= 0.6 is 11.8 Å². The van der Waals surface area contributed by atoms with Crippen LogP contribution in [0.5, 0.6) is 0 Å². The van der Waals surface area contributed by atoms with E-state index in [1.54, 1.807) is 4.57 Å². The largest absolute Gasteiger partial charge is 0.376 e. The predicted octanol–water partition coefficient (Wildman–Crippen LogP) is 2.10. The van der Waals surface area contributed by atoms with Crippen molar-refractivity contribution >= 4 is 23.4 Å². The Hall–Kier alpha value is -2.06. The topological polar surface area (TPSA) is 89.0 Å². The van der Waals surface area contributed by atoms with Crippen LogP contribution < -0.4 is 11.0 Å². The van der Waals surface area contributed by atoms with Crippen molar-refractivity contribution < 1.29 is 9.53 Å². The van der Waals surface area contributed by atoms with Crippen molar-refractivity contribution in [2.45, 2.75) is 44.5 Å². The molecule has 1 aliphatic heterocycles. The van der Waals surface area contributed by atoms with Gasteiger partial charge in [-0.2, -0.15) is 0 Å². The van der Waals surface area contributed by atoms with Crippen LogP contribution in [-0.4, -0.2) is 39.1 Å². The van der Waals surface area contributed by atoms with E-state index in [1.807, 2.05) is 32.0 Å². The lowest BCUT2D eigenvalue weighted by Gasteiger charge is -2.11. The quantitative estimate of drug-likeness (QED) is 0.768. The number of ether oxygens (including phenoxy) is 1. The minimum Gasteiger partial charge on any atom is -0.376 e. The molecule has 0 aliphatic carbocycles. The van der Waals surface area contributed by atoms with Crippen LogP contribution in [0.3, 0.4) is 0 Å². The Balaban J connectivity index is 1.59. The first-order chi connectivity index (χ1) is 12.0. The second-order valence-electron chi connectivity index (χ2n) is 6.21. The summed E-state index contributed by atoms with van der Waals surface area (Å²) in [6.07, 6.45) is 1.99. The number of benzene rings is 1. The first-order valence-corrected chi connectivity index (χ1v) is 9.28. The zero-order chi connectivity index (χ0) is 17.8. The molecule has 1 aromatic heterocycles. The van der Waals surface area contributed by atoms with Gasteiger partial charge in [-0.05, 0) is 38.3 Å². The third-order valence-electron chi connectivity index (χ3n) is 4.12. The number of amides is 1. The van der Waals surface area contributed by atoms with E-state index in [0.29, 0.717) is 11.7 Å². The molecule has 1 aromatic carbocycles. The lowest BCUT2D eigenvalue weighted by atomic mass is 10.1. The zero-order valence-corrected chi connectivity index (χ0v) is 15.2. The van der Waals surface area contributed by atoms with Gasteiger partial charge in [0, 0.05) is 12.3 Å². The average Bonchev–Trinajstić information content (AvgIpc) is 3.20. The van der Waals surface area contributed by atoms with Crippen LogP contribution in [-0.2, 0) is 16.1 Å². The molecule has 0 spiro atoms. The van der Waals surface area contributed by atoms with Gasteiger partial charge in [-0.15, -0.1) is 5.10 Å². The molecule has 134 valence electrons. The molecule has 1 aliphatic rings. The smallest absolute Gasteiger partial charge is 0.344 e. The second-order valence-corrected chi connectivity index (χ2v) is 7.15. The van der Waals surface area contributed by atoms with Crippen molar-refractivity contribution in [1.29, 1.82) is 0 Å². The van der Waals surface area contributed by atoms with E-state index in [-0.39, 0.29) is 23.5 Å². The van der Waals surface area contributed by atoms with Crippen LogP contribution in [0.15, 0.2) is 28.2 Å². The molecule has 3 rings (SSSR count). The molecule has 7 nitrogen and oxygen atoms in total. The summed E-state index contributed by atoms with van der Waals surface area (Å²) >= 11 is 1.24. The highest BCUT2D eigenvalue weighted by Crippen LogP contribution is 2.20. The Morgan fingerprint density at radius 3 is 3.04 bits per heavy atom. The third-order valence-corrected chi connectivity index (χ3v) is 5.10. The molecule has 0 unspecified atom stereocenters. The maximum absolute atomic E-state index is 12.2. The molecule has 2 aromatic rings. The van der Waals surface area contributed by atoms with Crippen LogP contribution in [0.4, 0.5) is 5.69 Å². The fourth-order valence-electron chi connectivity index (χ4n) is 2.84. The van der Waals surface area contributed by atoms with Crippen molar-refractivity contribution in [2.24, 2.45) is 0 Å². The molecule has 25 heavy (non-hydrogen) atoms. The number of carbonyl (C=O) groups excluding carboxylic acids is 1. The Morgan fingerprint density at radius 2 is 2.32 bits per heavy atom. The molecule has 0 bridgehead atoms. The van der Waals surface area contributed by atoms with E-state index in [9.17, 15) is 9.59 Å². The van der Waals surface area contributed by atoms with Gasteiger partial charge in [-0.1, -0.05) is 29.5 Å². The molecular weight excluding hydrogens is 340 g/mol. The standard InChI is InChI=1S/C17H22N4O3S/c1-11-5-6-14(12(2)8-11)18-15(22)10-25-17-20-19-16(23)21(17)9-13-4-3-7-24-13/h5-6,8,13H,3-4,7,9-10H2,1-2H3,(H,18,22)(H,19,23)/t13-/m0/s1. The molecule has 2 heterocycles. The molecule has 1 fully saturated rings. The summed E-state index contributed by atoms with van der Waals surface area (Å²) in [4.78, 5) is 24.1. The maximum Gasteiger partial charge on any atom is 0.344 e. The van der Waals surface area contributed by atoms with E-state index in [4.69, 9.17) is 4.74 Å². The molecule has 2 N–H and O–H groups in total. The fraction of sp³-hybridized carbons (Fsp3) is 0.471. The zero-order valence-electron chi connectivity index (χ0n) is 14.4. The predicted molar refractivity (Wildman–Crippen MR) is 97.1 cm³/mol. The summed E-state index contributed by atoms with van der Waals surface area (Å²) in [5, 5.41) is 9.88. The second kappa shape index (κ2) is 7.88. The van der Waals surface area contributed by atoms with E-state index in [1.165, 1.54) is 11.8 Å². The van der Waals surface area contributed by atoms with E-state index < -0.39 is 0 Å². The maximum atomic E-state index is 12.2. The van der Waals surface area contributed by atoms with Gasteiger partial charge in [0.15, 0.2) is 5.16 Å². The number of aryl methyl sites for hydroxylation is 2. The number of anilines is 1. The van der Waals surface area contributed by atoms with Gasteiger partial charge in [0.05, 0.1) is 18.4 Å². The molecule has 0 saturated carbocycles. The molecule has 1 saturated heterocycles. The number of H-pyrrole nitrogens is 1. The van der Waals surface area contributed by atoms with E-state index >= 15 is 0 Å². The van der Waals surface area contributed by atoms with Crippen molar-refractivity contribution in [1.82, 2.24) is 14.8 Å². The number of carbonyl (C=O) groups is 1. The third kappa shape index (κ3) is 4.52. The van der Waals surface area contributed by atoms with Crippen LogP contribution in [0, 0.1) is 13.8 Å². The van der Waals surface area contributed by atoms with Crippen molar-refractivity contribution in [3.8, 4) is 0 Å². The van der Waals surface area contributed by atoms with Gasteiger partial charge >= 0.3 is 5.69 Å². The number of thioether (sulfide) groups is 1. The Kier molecular flexibility index (Phi) is 5.60. The summed E-state index contributed by atoms with van der Waals surface area (Å²) in [7, 11) is 0. The van der Waals surface area contributed by atoms with Gasteiger partial charge in [-0.25, -0.2) is 9.89 Å². The first-order valence-electron chi connectivity index (χ1n) is 8.29. The SMILES string of the molecule is Cc1ccc(NC(=O)CSc2n[nH]c(=O)n2C[C@@H]2CCCO2)c(C)c1. The number of hydrogen-bond acceptors (Lipinski definition) is 5. The number of aromatic nitrogens is 3. The lowest BCUT2D eigenvalue weighted by molar-refractivity contribution is -0.113. The number of rotatable bonds is 6. The van der Waals surface area contributed by atoms with Crippen LogP contribution in [0.2, 0.25) is 0 Å². The summed E-state index contributed by atoms with van der Waals surface area (Å²) in [5.74, 6) is 0.0550. The monoisotopic (exact) mass is 362 g/mol. The van der Waals surface area contributed by atoms with Gasteiger partial charge in [0.25, 0.3) is 0 Å². The van der Waals surface area contributed by atoms with Crippen LogP contribution in [0.25, 0.3) is 0 Å². The Morgan fingerprint density at radius 1 is 1.48 bits per heavy atom. The van der Waals surface area contributed by atoms with Gasteiger partial charge in [-0.3, -0.25) is 9.36 Å². The minimum absolute atomic E-state index is 0.0404. The highest BCUT2D eigenvalue weighted by atomic mass is 32.2. The average molecular weight is 362 g/mol. The molecule has 8 heteroatoms. The minimum atomic E-state index is -0.271. The fourth-order valence-corrected chi connectivity index (χ4v) is 3.59. The summed E-state index contributed by atoms with van der Waals surface area (Å²) in [6, 6.07) is 5.88. The normalized spacial score (nSPS) is 17.0. The number of hydrogen-bond donors (Lipinski definition) is 2. The van der Waals surface area contributed by atoms with Gasteiger partial charge in [0.1, 0.15) is 0 Å². The van der Waals surface area contributed by atoms with Crippen molar-refractivity contribution in [3.63, 3.8) is 0 Å². The first kappa shape index (κ1) is 17.8. The molecule has 1 amide bonds.